The molecule has 2 N–H and O–H groups in total. The second-order valence-corrected chi connectivity index (χ2v) is 5.76. The molecular formula is C14H23ClN4O. The molecule has 0 spiro atoms. The lowest BCUT2D eigenvalue weighted by atomic mass is 9.93. The molecule has 112 valence electrons. The van der Waals surface area contributed by atoms with Gasteiger partial charge in [0, 0.05) is 18.3 Å². The average Bonchev–Trinajstić information content (AvgIpc) is 3.14. The van der Waals surface area contributed by atoms with Crippen molar-refractivity contribution in [2.45, 2.75) is 38.1 Å². The Hall–Kier alpha value is -1.07. The van der Waals surface area contributed by atoms with E-state index in [2.05, 4.69) is 15.7 Å². The van der Waals surface area contributed by atoms with Gasteiger partial charge < -0.3 is 10.6 Å². The third-order valence-electron chi connectivity index (χ3n) is 4.13. The maximum absolute atomic E-state index is 11.9. The summed E-state index contributed by atoms with van der Waals surface area (Å²) >= 11 is 0. The molecule has 1 fully saturated rings. The minimum Gasteiger partial charge on any atom is -0.348 e. The van der Waals surface area contributed by atoms with Crippen LogP contribution in [0.15, 0.2) is 6.20 Å². The Labute approximate surface area is 125 Å². The quantitative estimate of drug-likeness (QED) is 0.862. The summed E-state index contributed by atoms with van der Waals surface area (Å²) < 4.78 is 1.93. The van der Waals surface area contributed by atoms with Gasteiger partial charge in [-0.25, -0.2) is 0 Å². The molecule has 20 heavy (non-hydrogen) atoms. The van der Waals surface area contributed by atoms with Crippen molar-refractivity contribution in [2.24, 2.45) is 13.0 Å². The highest BCUT2D eigenvalue weighted by Crippen LogP contribution is 2.29. The van der Waals surface area contributed by atoms with Gasteiger partial charge in [-0.2, -0.15) is 5.10 Å². The molecule has 0 saturated heterocycles. The van der Waals surface area contributed by atoms with E-state index in [0.29, 0.717) is 6.54 Å². The maximum atomic E-state index is 11.9. The Morgan fingerprint density at radius 3 is 3.00 bits per heavy atom. The summed E-state index contributed by atoms with van der Waals surface area (Å²) in [5, 5.41) is 10.7. The number of nitrogens with one attached hydrogen (secondary N) is 2. The Morgan fingerprint density at radius 2 is 2.25 bits per heavy atom. The van der Waals surface area contributed by atoms with Gasteiger partial charge in [-0.15, -0.1) is 12.4 Å². The van der Waals surface area contributed by atoms with Gasteiger partial charge in [0.15, 0.2) is 0 Å². The predicted molar refractivity (Wildman–Crippen MR) is 79.9 cm³/mol. The summed E-state index contributed by atoms with van der Waals surface area (Å²) in [6.07, 6.45) is 7.74. The summed E-state index contributed by atoms with van der Waals surface area (Å²) in [5.41, 5.74) is 2.46. The monoisotopic (exact) mass is 298 g/mol. The highest BCUT2D eigenvalue weighted by molar-refractivity contribution is 5.85. The molecule has 2 aliphatic rings. The number of rotatable bonds is 5. The third-order valence-corrected chi connectivity index (χ3v) is 4.13. The van der Waals surface area contributed by atoms with E-state index < -0.39 is 0 Å². The molecule has 1 atom stereocenters. The smallest absolute Gasteiger partial charge is 0.234 e. The van der Waals surface area contributed by atoms with Gasteiger partial charge in [-0.3, -0.25) is 9.48 Å². The number of aryl methyl sites for hydroxylation is 1. The molecular weight excluding hydrogens is 276 g/mol. The zero-order valence-electron chi connectivity index (χ0n) is 11.9. The number of aromatic nitrogens is 2. The fraction of sp³-hybridized carbons (Fsp3) is 0.714. The summed E-state index contributed by atoms with van der Waals surface area (Å²) in [6.45, 7) is 1.42. The second-order valence-electron chi connectivity index (χ2n) is 5.76. The van der Waals surface area contributed by atoms with Crippen LogP contribution in [0, 0.1) is 5.92 Å². The van der Waals surface area contributed by atoms with Crippen LogP contribution in [0.25, 0.3) is 0 Å². The first-order valence-corrected chi connectivity index (χ1v) is 7.25. The molecule has 1 amide bonds. The number of hydrogen-bond donors (Lipinski definition) is 2. The van der Waals surface area contributed by atoms with Crippen molar-refractivity contribution in [1.29, 1.82) is 0 Å². The molecule has 0 radical (unpaired) electrons. The van der Waals surface area contributed by atoms with Crippen LogP contribution in [0.1, 0.15) is 43.0 Å². The van der Waals surface area contributed by atoms with E-state index in [0.717, 1.165) is 31.7 Å². The standard InChI is InChI=1S/C14H22N4O.ClH/c1-18-13-4-2-3-12(11(13)8-16-18)17-14(19)9-15-7-10-5-6-10;/h8,10,12,15H,2-7,9H2,1H3,(H,17,19);1H. The molecule has 0 aromatic carbocycles. The molecule has 6 heteroatoms. The van der Waals surface area contributed by atoms with Crippen molar-refractivity contribution in [2.75, 3.05) is 13.1 Å². The van der Waals surface area contributed by atoms with E-state index in [1.165, 1.54) is 24.1 Å². The molecule has 1 aromatic heterocycles. The lowest BCUT2D eigenvalue weighted by Crippen LogP contribution is -2.38. The van der Waals surface area contributed by atoms with E-state index in [9.17, 15) is 4.79 Å². The SMILES string of the molecule is Cl.Cn1ncc2c1CCCC2NC(=O)CNCC1CC1. The van der Waals surface area contributed by atoms with E-state index in [1.54, 1.807) is 0 Å². The van der Waals surface area contributed by atoms with Crippen LogP contribution < -0.4 is 10.6 Å². The van der Waals surface area contributed by atoms with Crippen LogP contribution in [-0.4, -0.2) is 28.8 Å². The van der Waals surface area contributed by atoms with Crippen LogP contribution in [0.5, 0.6) is 0 Å². The molecule has 0 bridgehead atoms. The van der Waals surface area contributed by atoms with E-state index in [4.69, 9.17) is 0 Å². The van der Waals surface area contributed by atoms with Crippen LogP contribution in [0.3, 0.4) is 0 Å². The van der Waals surface area contributed by atoms with E-state index in [1.807, 2.05) is 17.9 Å². The van der Waals surface area contributed by atoms with Gasteiger partial charge in [0.2, 0.25) is 5.91 Å². The number of hydrogen-bond acceptors (Lipinski definition) is 3. The first kappa shape index (κ1) is 15.3. The highest BCUT2D eigenvalue weighted by Gasteiger charge is 2.25. The Balaban J connectivity index is 0.00000147. The van der Waals surface area contributed by atoms with Gasteiger partial charge in [0.1, 0.15) is 0 Å². The molecule has 1 aromatic rings. The van der Waals surface area contributed by atoms with Crippen molar-refractivity contribution >= 4 is 18.3 Å². The first-order chi connectivity index (χ1) is 9.24. The molecule has 0 aliphatic heterocycles. The fourth-order valence-corrected chi connectivity index (χ4v) is 2.81. The van der Waals surface area contributed by atoms with Crippen molar-refractivity contribution in [3.05, 3.63) is 17.5 Å². The fourth-order valence-electron chi connectivity index (χ4n) is 2.81. The number of carbonyl (C=O) groups excluding carboxylic acids is 1. The topological polar surface area (TPSA) is 59.0 Å². The van der Waals surface area contributed by atoms with Gasteiger partial charge in [0.25, 0.3) is 0 Å². The van der Waals surface area contributed by atoms with Gasteiger partial charge >= 0.3 is 0 Å². The van der Waals surface area contributed by atoms with Crippen LogP contribution >= 0.6 is 12.4 Å². The predicted octanol–water partition coefficient (Wildman–Crippen LogP) is 1.34. The lowest BCUT2D eigenvalue weighted by Gasteiger charge is -2.23. The van der Waals surface area contributed by atoms with Crippen molar-refractivity contribution in [3.63, 3.8) is 0 Å². The number of amides is 1. The molecule has 1 unspecified atom stereocenters. The zero-order valence-corrected chi connectivity index (χ0v) is 12.7. The van der Waals surface area contributed by atoms with Crippen LogP contribution in [0.4, 0.5) is 0 Å². The minimum absolute atomic E-state index is 0. The minimum atomic E-state index is 0. The van der Waals surface area contributed by atoms with Gasteiger partial charge in [-0.1, -0.05) is 0 Å². The second kappa shape index (κ2) is 6.59. The van der Waals surface area contributed by atoms with Gasteiger partial charge in [-0.05, 0) is 44.6 Å². The molecule has 1 heterocycles. The molecule has 3 rings (SSSR count). The van der Waals surface area contributed by atoms with Crippen LogP contribution in [0.2, 0.25) is 0 Å². The van der Waals surface area contributed by atoms with E-state index in [-0.39, 0.29) is 24.4 Å². The number of fused-ring (bicyclic) bond motifs is 1. The Bertz CT molecular complexity index is 470. The summed E-state index contributed by atoms with van der Waals surface area (Å²) in [5.74, 6) is 0.912. The summed E-state index contributed by atoms with van der Waals surface area (Å²) in [6, 6.07) is 0.146. The summed E-state index contributed by atoms with van der Waals surface area (Å²) in [7, 11) is 1.97. The number of nitrogens with zero attached hydrogens (tertiary/aromatic N) is 2. The summed E-state index contributed by atoms with van der Waals surface area (Å²) in [4.78, 5) is 11.9. The molecule has 5 nitrogen and oxygen atoms in total. The maximum Gasteiger partial charge on any atom is 0.234 e. The third kappa shape index (κ3) is 3.52. The van der Waals surface area contributed by atoms with E-state index >= 15 is 0 Å². The molecule has 1 saturated carbocycles. The van der Waals surface area contributed by atoms with Gasteiger partial charge in [0.05, 0.1) is 18.8 Å². The average molecular weight is 299 g/mol. The first-order valence-electron chi connectivity index (χ1n) is 7.25. The lowest BCUT2D eigenvalue weighted by molar-refractivity contribution is -0.121. The largest absolute Gasteiger partial charge is 0.348 e. The van der Waals surface area contributed by atoms with Crippen molar-refractivity contribution in [1.82, 2.24) is 20.4 Å². The number of carbonyl (C=O) groups is 1. The van der Waals surface area contributed by atoms with Crippen molar-refractivity contribution < 1.29 is 4.79 Å². The highest BCUT2D eigenvalue weighted by atomic mass is 35.5. The normalized spacial score (nSPS) is 20.9. The molecule has 2 aliphatic carbocycles. The number of halogens is 1. The van der Waals surface area contributed by atoms with Crippen LogP contribution in [-0.2, 0) is 18.3 Å². The Morgan fingerprint density at radius 1 is 1.45 bits per heavy atom. The zero-order chi connectivity index (χ0) is 13.2. The van der Waals surface area contributed by atoms with Crippen molar-refractivity contribution in [3.8, 4) is 0 Å². The Kier molecular flexibility index (Phi) is 5.05.